The Hall–Kier alpha value is -0.110. The average molecular weight is 343 g/mol. The van der Waals surface area contributed by atoms with Crippen LogP contribution in [0.1, 0.15) is 123 Å². The summed E-state index contributed by atoms with van der Waals surface area (Å²) in [6.07, 6.45) is 23.4. The molecule has 0 N–H and O–H groups in total. The van der Waals surface area contributed by atoms with E-state index in [1.165, 1.54) is 103 Å². The van der Waals surface area contributed by atoms with Gasteiger partial charge in [-0.15, -0.1) is 0 Å². The second-order valence-corrected chi connectivity index (χ2v) is 7.33. The van der Waals surface area contributed by atoms with Gasteiger partial charge in [-0.25, -0.2) is 0 Å². The van der Waals surface area contributed by atoms with E-state index >= 15 is 0 Å². The number of thiocarbonyl (C=S) groups is 1. The second-order valence-electron chi connectivity index (χ2n) is 6.88. The molecule has 0 aromatic carbocycles. The molecule has 0 aromatic rings. The van der Waals surface area contributed by atoms with Gasteiger partial charge in [0, 0.05) is 6.42 Å². The van der Waals surface area contributed by atoms with E-state index in [-0.39, 0.29) is 0 Å². The molecule has 0 rings (SSSR count). The quantitative estimate of drug-likeness (QED) is 0.184. The third-order valence-corrected chi connectivity index (χ3v) is 4.96. The maximum atomic E-state index is 5.44. The molecule has 0 saturated carbocycles. The molecule has 0 spiro atoms. The van der Waals surface area contributed by atoms with E-state index in [0.29, 0.717) is 0 Å². The van der Waals surface area contributed by atoms with Crippen LogP contribution in [0.25, 0.3) is 0 Å². The highest BCUT2D eigenvalue weighted by Gasteiger charge is 1.96. The lowest BCUT2D eigenvalue weighted by Crippen LogP contribution is -2.01. The van der Waals surface area contributed by atoms with Gasteiger partial charge in [-0.3, -0.25) is 0 Å². The number of hydrogen-bond donors (Lipinski definition) is 0. The van der Waals surface area contributed by atoms with Crippen molar-refractivity contribution in [3.63, 3.8) is 0 Å². The number of ether oxygens (including phenoxy) is 1. The van der Waals surface area contributed by atoms with Gasteiger partial charge in [-0.2, -0.15) is 0 Å². The Morgan fingerprint density at radius 3 is 1.26 bits per heavy atom. The summed E-state index contributed by atoms with van der Waals surface area (Å²) >= 11 is 5.04. The zero-order valence-electron chi connectivity index (χ0n) is 16.0. The SMILES string of the molecule is CCCCCCCCCCCCCCCCCCOC(=S)CC. The minimum Gasteiger partial charge on any atom is -0.487 e. The molecule has 0 heterocycles. The van der Waals surface area contributed by atoms with Gasteiger partial charge in [0.15, 0.2) is 5.05 Å². The van der Waals surface area contributed by atoms with Gasteiger partial charge < -0.3 is 4.74 Å². The van der Waals surface area contributed by atoms with E-state index in [0.717, 1.165) is 18.1 Å². The van der Waals surface area contributed by atoms with Crippen molar-refractivity contribution >= 4 is 17.3 Å². The molecular weight excluding hydrogens is 300 g/mol. The standard InChI is InChI=1S/C21H42OS/c1-3-5-6-7-8-9-10-11-12-13-14-15-16-17-18-19-20-22-21(23)4-2/h3-20H2,1-2H3. The maximum absolute atomic E-state index is 5.44. The van der Waals surface area contributed by atoms with E-state index in [2.05, 4.69) is 13.8 Å². The van der Waals surface area contributed by atoms with Crippen molar-refractivity contribution in [1.82, 2.24) is 0 Å². The van der Waals surface area contributed by atoms with Crippen LogP contribution in [-0.2, 0) is 4.74 Å². The van der Waals surface area contributed by atoms with Crippen LogP contribution in [0.2, 0.25) is 0 Å². The third kappa shape index (κ3) is 19.8. The van der Waals surface area contributed by atoms with E-state index in [4.69, 9.17) is 17.0 Å². The lowest BCUT2D eigenvalue weighted by atomic mass is 10.0. The molecule has 0 amide bonds. The summed E-state index contributed by atoms with van der Waals surface area (Å²) in [5, 5.41) is 0.769. The van der Waals surface area contributed by atoms with Crippen molar-refractivity contribution in [2.24, 2.45) is 0 Å². The van der Waals surface area contributed by atoms with Crippen molar-refractivity contribution in [3.8, 4) is 0 Å². The summed E-state index contributed by atoms with van der Waals surface area (Å²) in [5.41, 5.74) is 0. The molecule has 1 nitrogen and oxygen atoms in total. The molecule has 0 unspecified atom stereocenters. The summed E-state index contributed by atoms with van der Waals surface area (Å²) in [5.74, 6) is 0. The molecule has 0 bridgehead atoms. The van der Waals surface area contributed by atoms with Crippen LogP contribution in [-0.4, -0.2) is 11.7 Å². The predicted octanol–water partition coefficient (Wildman–Crippen LogP) is 8.00. The largest absolute Gasteiger partial charge is 0.487 e. The van der Waals surface area contributed by atoms with Gasteiger partial charge in [-0.1, -0.05) is 110 Å². The first-order chi connectivity index (χ1) is 11.3. The molecule has 0 aliphatic carbocycles. The Morgan fingerprint density at radius 1 is 0.565 bits per heavy atom. The van der Waals surface area contributed by atoms with Crippen molar-refractivity contribution in [1.29, 1.82) is 0 Å². The highest BCUT2D eigenvalue weighted by Crippen LogP contribution is 2.13. The minimum absolute atomic E-state index is 0.769. The Bertz CT molecular complexity index is 240. The lowest BCUT2D eigenvalue weighted by molar-refractivity contribution is 0.293. The van der Waals surface area contributed by atoms with Crippen LogP contribution < -0.4 is 0 Å². The topological polar surface area (TPSA) is 9.23 Å². The molecule has 2 heteroatoms. The predicted molar refractivity (Wildman–Crippen MR) is 108 cm³/mol. The van der Waals surface area contributed by atoms with Crippen LogP contribution >= 0.6 is 12.2 Å². The minimum atomic E-state index is 0.769. The van der Waals surface area contributed by atoms with Crippen LogP contribution in [0.5, 0.6) is 0 Å². The van der Waals surface area contributed by atoms with Gasteiger partial charge in [0.05, 0.1) is 6.61 Å². The molecule has 0 radical (unpaired) electrons. The molecular formula is C21H42OS. The Kier molecular flexibility index (Phi) is 19.8. The molecule has 0 fully saturated rings. The van der Waals surface area contributed by atoms with Crippen molar-refractivity contribution in [2.75, 3.05) is 6.61 Å². The smallest absolute Gasteiger partial charge is 0.159 e. The Balaban J connectivity index is 2.99. The number of unbranched alkanes of at least 4 members (excludes halogenated alkanes) is 15. The summed E-state index contributed by atoms with van der Waals surface area (Å²) in [4.78, 5) is 0. The highest BCUT2D eigenvalue weighted by molar-refractivity contribution is 7.80. The van der Waals surface area contributed by atoms with Crippen LogP contribution in [0.4, 0.5) is 0 Å². The van der Waals surface area contributed by atoms with Crippen molar-refractivity contribution in [3.05, 3.63) is 0 Å². The maximum Gasteiger partial charge on any atom is 0.159 e. The normalized spacial score (nSPS) is 10.9. The summed E-state index contributed by atoms with van der Waals surface area (Å²) in [6.45, 7) is 5.17. The van der Waals surface area contributed by atoms with E-state index in [1.54, 1.807) is 0 Å². The van der Waals surface area contributed by atoms with Crippen LogP contribution in [0.3, 0.4) is 0 Å². The fraction of sp³-hybridized carbons (Fsp3) is 0.952. The second kappa shape index (κ2) is 19.9. The molecule has 23 heavy (non-hydrogen) atoms. The summed E-state index contributed by atoms with van der Waals surface area (Å²) < 4.78 is 5.44. The van der Waals surface area contributed by atoms with E-state index < -0.39 is 0 Å². The highest BCUT2D eigenvalue weighted by atomic mass is 32.1. The molecule has 0 aliphatic rings. The molecule has 0 saturated heterocycles. The molecule has 0 aromatic heterocycles. The van der Waals surface area contributed by atoms with Gasteiger partial charge in [-0.05, 0) is 18.6 Å². The zero-order valence-corrected chi connectivity index (χ0v) is 16.9. The van der Waals surface area contributed by atoms with Crippen LogP contribution in [0, 0.1) is 0 Å². The molecule has 0 atom stereocenters. The van der Waals surface area contributed by atoms with Gasteiger partial charge in [0.2, 0.25) is 0 Å². The number of hydrogen-bond acceptors (Lipinski definition) is 2. The van der Waals surface area contributed by atoms with Gasteiger partial charge in [0.25, 0.3) is 0 Å². The fourth-order valence-corrected chi connectivity index (χ4v) is 3.02. The van der Waals surface area contributed by atoms with E-state index in [9.17, 15) is 0 Å². The number of rotatable bonds is 18. The lowest BCUT2D eigenvalue weighted by Gasteiger charge is -2.05. The first-order valence-electron chi connectivity index (χ1n) is 10.5. The Morgan fingerprint density at radius 2 is 0.913 bits per heavy atom. The fourth-order valence-electron chi connectivity index (χ4n) is 2.94. The molecule has 138 valence electrons. The van der Waals surface area contributed by atoms with E-state index in [1.807, 2.05) is 0 Å². The third-order valence-electron chi connectivity index (χ3n) is 4.55. The first-order valence-corrected chi connectivity index (χ1v) is 10.9. The summed E-state index contributed by atoms with van der Waals surface area (Å²) in [7, 11) is 0. The van der Waals surface area contributed by atoms with Crippen molar-refractivity contribution in [2.45, 2.75) is 123 Å². The average Bonchev–Trinajstić information content (AvgIpc) is 2.57. The molecule has 0 aliphatic heterocycles. The van der Waals surface area contributed by atoms with Gasteiger partial charge in [0.1, 0.15) is 0 Å². The van der Waals surface area contributed by atoms with Crippen LogP contribution in [0.15, 0.2) is 0 Å². The summed E-state index contributed by atoms with van der Waals surface area (Å²) in [6, 6.07) is 0. The van der Waals surface area contributed by atoms with Gasteiger partial charge >= 0.3 is 0 Å². The Labute approximate surface area is 152 Å². The first kappa shape index (κ1) is 22.9. The monoisotopic (exact) mass is 342 g/mol. The van der Waals surface area contributed by atoms with Crippen molar-refractivity contribution < 1.29 is 4.74 Å². The zero-order chi connectivity index (χ0) is 17.0.